The molecule has 9 heteroatoms. The second kappa shape index (κ2) is 15.1. The molecule has 1 saturated heterocycles. The first-order chi connectivity index (χ1) is 18.0. The molecule has 38 heavy (non-hydrogen) atoms. The molecule has 0 unspecified atom stereocenters. The van der Waals surface area contributed by atoms with Gasteiger partial charge in [-0.1, -0.05) is 11.6 Å². The average molecular weight is 536 g/mol. The van der Waals surface area contributed by atoms with Gasteiger partial charge in [-0.2, -0.15) is 0 Å². The van der Waals surface area contributed by atoms with Crippen molar-refractivity contribution >= 4 is 11.9 Å². The second-order valence-electron chi connectivity index (χ2n) is 10.5. The topological polar surface area (TPSA) is 104 Å². The van der Waals surface area contributed by atoms with Gasteiger partial charge in [-0.15, -0.1) is 0 Å². The molecule has 1 heterocycles. The van der Waals surface area contributed by atoms with E-state index < -0.39 is 5.60 Å². The first-order valence-electron chi connectivity index (χ1n) is 13.2. The molecule has 9 nitrogen and oxygen atoms in total. The van der Waals surface area contributed by atoms with Gasteiger partial charge in [-0.25, -0.2) is 0 Å². The number of likely N-dealkylation sites (tertiary alicyclic amines) is 1. The summed E-state index contributed by atoms with van der Waals surface area (Å²) in [5.41, 5.74) is 2.69. The molecule has 0 bridgehead atoms. The Morgan fingerprint density at radius 2 is 1.71 bits per heavy atom. The summed E-state index contributed by atoms with van der Waals surface area (Å²) in [6.45, 7) is 11.0. The normalized spacial score (nSPS) is 14.1. The molecule has 0 aliphatic carbocycles. The quantitative estimate of drug-likeness (QED) is 0.162. The Balaban J connectivity index is 2.44. The standard InChI is InChI=1S/C29H45NO8/c1-20(11-13-24(32)38-29(3,4)5)10-12-22-26(35-7)21(2)23(18-31)25(28(33)30-14-8-9-15-30)27(22)37-19-36-17-16-34-6/h10,31H,8-9,11-19H2,1-7H3/b20-10+. The Kier molecular flexibility index (Phi) is 12.5. The number of benzene rings is 1. The van der Waals surface area contributed by atoms with Crippen LogP contribution in [0.3, 0.4) is 0 Å². The average Bonchev–Trinajstić information content (AvgIpc) is 3.40. The molecule has 1 aromatic carbocycles. The SMILES string of the molecule is COCCOCOc1c(C/C=C(\C)CCC(=O)OC(C)(C)C)c(OC)c(C)c(CO)c1C(=O)N1CCCC1. The van der Waals surface area contributed by atoms with Crippen LogP contribution in [0.25, 0.3) is 0 Å². The first-order valence-corrected chi connectivity index (χ1v) is 13.2. The van der Waals surface area contributed by atoms with Crippen LogP contribution in [0.2, 0.25) is 0 Å². The molecule has 1 amide bonds. The number of methoxy groups -OCH3 is 2. The van der Waals surface area contributed by atoms with Crippen LogP contribution >= 0.6 is 0 Å². The maximum absolute atomic E-state index is 13.7. The van der Waals surface area contributed by atoms with E-state index in [0.29, 0.717) is 72.9 Å². The van der Waals surface area contributed by atoms with Crippen molar-refractivity contribution in [3.05, 3.63) is 33.9 Å². The van der Waals surface area contributed by atoms with Crippen LogP contribution in [0.4, 0.5) is 0 Å². The van der Waals surface area contributed by atoms with Gasteiger partial charge < -0.3 is 33.7 Å². The fourth-order valence-corrected chi connectivity index (χ4v) is 4.44. The van der Waals surface area contributed by atoms with Crippen molar-refractivity contribution in [2.45, 2.75) is 78.9 Å². The number of carbonyl (C=O) groups is 2. The van der Waals surface area contributed by atoms with Crippen LogP contribution in [0.15, 0.2) is 11.6 Å². The number of nitrogens with zero attached hydrogens (tertiary/aromatic N) is 1. The molecular formula is C29H45NO8. The van der Waals surface area contributed by atoms with Crippen LogP contribution < -0.4 is 9.47 Å². The van der Waals surface area contributed by atoms with Crippen molar-refractivity contribution in [3.8, 4) is 11.5 Å². The lowest BCUT2D eigenvalue weighted by Crippen LogP contribution is -2.30. The third-order valence-corrected chi connectivity index (χ3v) is 6.36. The van der Waals surface area contributed by atoms with Gasteiger partial charge >= 0.3 is 5.97 Å². The summed E-state index contributed by atoms with van der Waals surface area (Å²) in [6, 6.07) is 0. The van der Waals surface area contributed by atoms with Crippen LogP contribution in [0.5, 0.6) is 11.5 Å². The highest BCUT2D eigenvalue weighted by Gasteiger charge is 2.31. The Morgan fingerprint density at radius 1 is 1.03 bits per heavy atom. The maximum Gasteiger partial charge on any atom is 0.306 e. The Labute approximate surface area is 227 Å². The predicted molar refractivity (Wildman–Crippen MR) is 145 cm³/mol. The molecule has 1 aromatic rings. The highest BCUT2D eigenvalue weighted by atomic mass is 16.7. The summed E-state index contributed by atoms with van der Waals surface area (Å²) in [6.07, 6.45) is 5.11. The van der Waals surface area contributed by atoms with Crippen LogP contribution in [-0.4, -0.2) is 74.8 Å². The highest BCUT2D eigenvalue weighted by Crippen LogP contribution is 2.41. The van der Waals surface area contributed by atoms with Gasteiger partial charge in [0, 0.05) is 37.7 Å². The molecule has 0 radical (unpaired) electrons. The number of rotatable bonds is 14. The fraction of sp³-hybridized carbons (Fsp3) is 0.655. The number of esters is 1. The van der Waals surface area contributed by atoms with E-state index in [-0.39, 0.29) is 31.7 Å². The first kappa shape index (κ1) is 31.6. The van der Waals surface area contributed by atoms with Gasteiger partial charge in [0.1, 0.15) is 17.1 Å². The Bertz CT molecular complexity index is 974. The number of ether oxygens (including phenoxy) is 5. The lowest BCUT2D eigenvalue weighted by molar-refractivity contribution is -0.154. The van der Waals surface area contributed by atoms with Crippen molar-refractivity contribution < 1.29 is 38.4 Å². The summed E-state index contributed by atoms with van der Waals surface area (Å²) < 4.78 is 27.9. The molecule has 1 aliphatic rings. The van der Waals surface area contributed by atoms with Crippen LogP contribution in [-0.2, 0) is 32.0 Å². The van der Waals surface area contributed by atoms with E-state index in [1.165, 1.54) is 0 Å². The lowest BCUT2D eigenvalue weighted by Gasteiger charge is -2.25. The van der Waals surface area contributed by atoms with Crippen LogP contribution in [0, 0.1) is 6.92 Å². The zero-order valence-corrected chi connectivity index (χ0v) is 24.1. The minimum Gasteiger partial charge on any atom is -0.496 e. The number of aliphatic hydroxyl groups is 1. The number of allylic oxidation sites excluding steroid dienone is 2. The fourth-order valence-electron chi connectivity index (χ4n) is 4.44. The maximum atomic E-state index is 13.7. The molecule has 0 aromatic heterocycles. The van der Waals surface area contributed by atoms with Crippen molar-refractivity contribution in [2.75, 3.05) is 47.3 Å². The molecule has 214 valence electrons. The minimum atomic E-state index is -0.524. The molecule has 2 rings (SSSR count). The summed E-state index contributed by atoms with van der Waals surface area (Å²) in [7, 11) is 3.15. The van der Waals surface area contributed by atoms with Gasteiger partial charge in [-0.3, -0.25) is 9.59 Å². The largest absolute Gasteiger partial charge is 0.496 e. The van der Waals surface area contributed by atoms with Gasteiger partial charge in [0.15, 0.2) is 6.79 Å². The third kappa shape index (κ3) is 8.99. The molecular weight excluding hydrogens is 490 g/mol. The second-order valence-corrected chi connectivity index (χ2v) is 10.5. The van der Waals surface area contributed by atoms with Gasteiger partial charge in [-0.05, 0) is 65.9 Å². The van der Waals surface area contributed by atoms with Crippen molar-refractivity contribution in [1.82, 2.24) is 4.90 Å². The molecule has 1 aliphatic heterocycles. The van der Waals surface area contributed by atoms with E-state index in [1.807, 2.05) is 40.7 Å². The van der Waals surface area contributed by atoms with Gasteiger partial charge in [0.2, 0.25) is 0 Å². The zero-order chi connectivity index (χ0) is 28.3. The van der Waals surface area contributed by atoms with E-state index in [9.17, 15) is 14.7 Å². The van der Waals surface area contributed by atoms with E-state index >= 15 is 0 Å². The van der Waals surface area contributed by atoms with Crippen molar-refractivity contribution in [3.63, 3.8) is 0 Å². The van der Waals surface area contributed by atoms with Gasteiger partial charge in [0.25, 0.3) is 5.91 Å². The monoisotopic (exact) mass is 535 g/mol. The van der Waals surface area contributed by atoms with Crippen LogP contribution in [0.1, 0.15) is 80.4 Å². The molecule has 0 spiro atoms. The number of carbonyl (C=O) groups excluding carboxylic acids is 2. The van der Waals surface area contributed by atoms with Crippen molar-refractivity contribution in [1.29, 1.82) is 0 Å². The summed E-state index contributed by atoms with van der Waals surface area (Å²) in [5.74, 6) is 0.481. The minimum absolute atomic E-state index is 0.0882. The molecule has 0 atom stereocenters. The van der Waals surface area contributed by atoms with Gasteiger partial charge in [0.05, 0.1) is 32.5 Å². The van der Waals surface area contributed by atoms with Crippen molar-refractivity contribution in [2.24, 2.45) is 0 Å². The third-order valence-electron chi connectivity index (χ3n) is 6.36. The lowest BCUT2D eigenvalue weighted by atomic mass is 9.92. The molecule has 1 fully saturated rings. The number of hydrogen-bond acceptors (Lipinski definition) is 8. The summed E-state index contributed by atoms with van der Waals surface area (Å²) in [5, 5.41) is 10.3. The number of aliphatic hydroxyl groups excluding tert-OH is 1. The summed E-state index contributed by atoms with van der Waals surface area (Å²) in [4.78, 5) is 27.6. The molecule has 0 saturated carbocycles. The van der Waals surface area contributed by atoms with E-state index in [1.54, 1.807) is 19.1 Å². The number of amides is 1. The Hall–Kier alpha value is -2.62. The number of hydrogen-bond donors (Lipinski definition) is 1. The summed E-state index contributed by atoms with van der Waals surface area (Å²) >= 11 is 0. The van der Waals surface area contributed by atoms with E-state index in [2.05, 4.69) is 0 Å². The van der Waals surface area contributed by atoms with E-state index in [4.69, 9.17) is 23.7 Å². The Morgan fingerprint density at radius 3 is 2.29 bits per heavy atom. The predicted octanol–water partition coefficient (Wildman–Crippen LogP) is 4.34. The highest BCUT2D eigenvalue weighted by molar-refractivity contribution is 6.00. The van der Waals surface area contributed by atoms with E-state index in [0.717, 1.165) is 18.4 Å². The smallest absolute Gasteiger partial charge is 0.306 e. The molecule has 1 N–H and O–H groups in total. The zero-order valence-electron chi connectivity index (χ0n) is 24.1.